The molecule has 1 aromatic heterocycles. The minimum Gasteiger partial charge on any atom is -0.390 e. The van der Waals surface area contributed by atoms with E-state index < -0.39 is 29.8 Å². The summed E-state index contributed by atoms with van der Waals surface area (Å²) in [5.41, 5.74) is 1.77. The summed E-state index contributed by atoms with van der Waals surface area (Å²) in [7, 11) is 1.74. The Morgan fingerprint density at radius 2 is 1.56 bits per heavy atom. The molecule has 3 N–H and O–H groups in total. The molecule has 0 saturated carbocycles. The number of aliphatic hydroxyl groups excluding tert-OH is 1. The monoisotopic (exact) mass is 663 g/mol. The van der Waals surface area contributed by atoms with Gasteiger partial charge in [-0.2, -0.15) is 18.3 Å². The third-order valence-corrected chi connectivity index (χ3v) is 8.12. The predicted octanol–water partition coefficient (Wildman–Crippen LogP) is 6.09. The summed E-state index contributed by atoms with van der Waals surface area (Å²) in [6.07, 6.45) is -1.19. The van der Waals surface area contributed by atoms with E-state index in [1.807, 2.05) is 60.7 Å². The zero-order chi connectivity index (χ0) is 34.5. The molecule has 0 saturated heterocycles. The van der Waals surface area contributed by atoms with E-state index in [0.29, 0.717) is 12.1 Å². The molecule has 0 aliphatic carbocycles. The van der Waals surface area contributed by atoms with Gasteiger partial charge >= 0.3 is 6.18 Å². The number of rotatable bonds is 17. The molecule has 8 nitrogen and oxygen atoms in total. The van der Waals surface area contributed by atoms with Crippen LogP contribution in [0.1, 0.15) is 75.8 Å². The fourth-order valence-corrected chi connectivity index (χ4v) is 5.41. The molecule has 0 spiro atoms. The van der Waals surface area contributed by atoms with Crippen molar-refractivity contribution < 1.29 is 27.9 Å². The third-order valence-electron chi connectivity index (χ3n) is 8.12. The Hall–Kier alpha value is -4.48. The SMILES string of the molecule is CCCCCCN(C)C(=O)c1cc(C(=O)N[C@@H](Cc2ccccc2)[C@H](O)CNCc2cccc(C(F)(F)F)c2)nn1Cc1ccccc1. The standard InChI is InChI=1S/C37H44F3N5O3/c1-3-4-5-12-20-44(2)36(48)33-23-32(43-45(33)26-28-16-10-7-11-17-28)35(47)42-31(22-27-14-8-6-9-15-27)34(46)25-41-24-29-18-13-19-30(21-29)37(38,39)40/h6-11,13-19,21,23,31,34,41,46H,3-5,12,20,22,24-26H2,1-2H3,(H,42,47)/t31-,34+/m0/s1. The summed E-state index contributed by atoms with van der Waals surface area (Å²) in [5.74, 6) is -0.798. The van der Waals surface area contributed by atoms with Crippen molar-refractivity contribution in [1.29, 1.82) is 0 Å². The molecule has 11 heteroatoms. The molecule has 4 rings (SSSR count). The molecule has 256 valence electrons. The molecule has 4 aromatic rings. The van der Waals surface area contributed by atoms with E-state index in [2.05, 4.69) is 22.7 Å². The fraction of sp³-hybridized carbons (Fsp3) is 0.378. The number of aromatic nitrogens is 2. The molecule has 1 heterocycles. The van der Waals surface area contributed by atoms with Gasteiger partial charge in [-0.1, -0.05) is 105 Å². The highest BCUT2D eigenvalue weighted by molar-refractivity contribution is 5.98. The first-order valence-electron chi connectivity index (χ1n) is 16.3. The van der Waals surface area contributed by atoms with Gasteiger partial charge < -0.3 is 20.6 Å². The molecule has 0 unspecified atom stereocenters. The smallest absolute Gasteiger partial charge is 0.390 e. The van der Waals surface area contributed by atoms with Gasteiger partial charge in [-0.3, -0.25) is 14.3 Å². The number of nitrogens with one attached hydrogen (secondary N) is 2. The quantitative estimate of drug-likeness (QED) is 0.119. The van der Waals surface area contributed by atoms with Crippen molar-refractivity contribution in [3.8, 4) is 0 Å². The number of alkyl halides is 3. The molecule has 2 atom stereocenters. The second-order valence-electron chi connectivity index (χ2n) is 12.0. The van der Waals surface area contributed by atoms with E-state index in [4.69, 9.17) is 0 Å². The van der Waals surface area contributed by atoms with Crippen molar-refractivity contribution >= 4 is 11.8 Å². The summed E-state index contributed by atoms with van der Waals surface area (Å²) in [5, 5.41) is 21.7. The van der Waals surface area contributed by atoms with Crippen LogP contribution in [0.5, 0.6) is 0 Å². The first kappa shape index (κ1) is 36.4. The number of hydrogen-bond acceptors (Lipinski definition) is 5. The minimum absolute atomic E-state index is 0.00301. The Labute approximate surface area is 280 Å². The van der Waals surface area contributed by atoms with Crippen LogP contribution in [-0.2, 0) is 25.7 Å². The van der Waals surface area contributed by atoms with Gasteiger partial charge in [0.2, 0.25) is 0 Å². The molecule has 0 aliphatic rings. The zero-order valence-electron chi connectivity index (χ0n) is 27.4. The van der Waals surface area contributed by atoms with Gasteiger partial charge in [0.1, 0.15) is 5.69 Å². The van der Waals surface area contributed by atoms with Gasteiger partial charge in [0.25, 0.3) is 11.8 Å². The topological polar surface area (TPSA) is 99.5 Å². The van der Waals surface area contributed by atoms with Gasteiger partial charge in [-0.05, 0) is 35.6 Å². The number of unbranched alkanes of at least 4 members (excludes halogenated alkanes) is 3. The molecule has 48 heavy (non-hydrogen) atoms. The van der Waals surface area contributed by atoms with Crippen molar-refractivity contribution in [3.05, 3.63) is 125 Å². The average molecular weight is 664 g/mol. The number of carbonyl (C=O) groups is 2. The maximum absolute atomic E-state index is 13.7. The number of hydrogen-bond donors (Lipinski definition) is 3. The number of aliphatic hydroxyl groups is 1. The van der Waals surface area contributed by atoms with E-state index in [0.717, 1.165) is 48.9 Å². The highest BCUT2D eigenvalue weighted by Gasteiger charge is 2.30. The minimum atomic E-state index is -4.46. The highest BCUT2D eigenvalue weighted by Crippen LogP contribution is 2.29. The Kier molecular flexibility index (Phi) is 13.3. The normalized spacial score (nSPS) is 12.8. The first-order chi connectivity index (χ1) is 23.0. The van der Waals surface area contributed by atoms with Gasteiger partial charge in [-0.15, -0.1) is 0 Å². The number of benzene rings is 3. The second kappa shape index (κ2) is 17.6. The van der Waals surface area contributed by atoms with Crippen molar-refractivity contribution in [2.24, 2.45) is 0 Å². The van der Waals surface area contributed by atoms with E-state index in [1.165, 1.54) is 16.8 Å². The Balaban J connectivity index is 1.51. The van der Waals surface area contributed by atoms with Crippen LogP contribution in [0.2, 0.25) is 0 Å². The predicted molar refractivity (Wildman–Crippen MR) is 179 cm³/mol. The molecule has 3 aromatic carbocycles. The van der Waals surface area contributed by atoms with Crippen molar-refractivity contribution in [3.63, 3.8) is 0 Å². The largest absolute Gasteiger partial charge is 0.416 e. The lowest BCUT2D eigenvalue weighted by molar-refractivity contribution is -0.137. The maximum atomic E-state index is 13.7. The second-order valence-corrected chi connectivity index (χ2v) is 12.0. The van der Waals surface area contributed by atoms with Crippen molar-refractivity contribution in [1.82, 2.24) is 25.3 Å². The molecular weight excluding hydrogens is 619 g/mol. The van der Waals surface area contributed by atoms with Gasteiger partial charge in [0.15, 0.2) is 5.69 Å². The maximum Gasteiger partial charge on any atom is 0.416 e. The van der Waals surface area contributed by atoms with Gasteiger partial charge in [-0.25, -0.2) is 0 Å². The van der Waals surface area contributed by atoms with Crippen molar-refractivity contribution in [2.75, 3.05) is 20.1 Å². The lowest BCUT2D eigenvalue weighted by Gasteiger charge is -2.24. The molecule has 0 bridgehead atoms. The van der Waals surface area contributed by atoms with Gasteiger partial charge in [0.05, 0.1) is 24.3 Å². The van der Waals surface area contributed by atoms with Crippen LogP contribution >= 0.6 is 0 Å². The molecule has 0 aliphatic heterocycles. The lowest BCUT2D eigenvalue weighted by atomic mass is 10.0. The Bertz CT molecular complexity index is 1590. The van der Waals surface area contributed by atoms with E-state index >= 15 is 0 Å². The summed E-state index contributed by atoms with van der Waals surface area (Å²) < 4.78 is 41.0. The number of amides is 2. The van der Waals surface area contributed by atoms with Crippen LogP contribution in [0.3, 0.4) is 0 Å². The highest BCUT2D eigenvalue weighted by atomic mass is 19.4. The lowest BCUT2D eigenvalue weighted by Crippen LogP contribution is -2.48. The summed E-state index contributed by atoms with van der Waals surface area (Å²) in [4.78, 5) is 28.9. The zero-order valence-corrected chi connectivity index (χ0v) is 27.4. The van der Waals surface area contributed by atoms with Crippen LogP contribution < -0.4 is 10.6 Å². The fourth-order valence-electron chi connectivity index (χ4n) is 5.41. The van der Waals surface area contributed by atoms with Crippen LogP contribution in [0.25, 0.3) is 0 Å². The van der Waals surface area contributed by atoms with Crippen LogP contribution in [-0.4, -0.2) is 63.9 Å². The molecule has 0 radical (unpaired) electrons. The van der Waals surface area contributed by atoms with Crippen LogP contribution in [0.4, 0.5) is 13.2 Å². The van der Waals surface area contributed by atoms with Crippen LogP contribution in [0.15, 0.2) is 91.0 Å². The van der Waals surface area contributed by atoms with E-state index in [-0.39, 0.29) is 43.4 Å². The number of carbonyl (C=O) groups excluding carboxylic acids is 2. The molecular formula is C37H44F3N5O3. The van der Waals surface area contributed by atoms with Gasteiger partial charge in [0, 0.05) is 32.7 Å². The summed E-state index contributed by atoms with van der Waals surface area (Å²) >= 11 is 0. The summed E-state index contributed by atoms with van der Waals surface area (Å²) in [6.45, 7) is 3.09. The number of nitrogens with zero attached hydrogens (tertiary/aromatic N) is 3. The average Bonchev–Trinajstić information content (AvgIpc) is 3.50. The Morgan fingerprint density at radius 1 is 0.896 bits per heavy atom. The van der Waals surface area contributed by atoms with E-state index in [1.54, 1.807) is 18.0 Å². The van der Waals surface area contributed by atoms with Crippen molar-refractivity contribution in [2.45, 2.75) is 70.4 Å². The summed E-state index contributed by atoms with van der Waals surface area (Å²) in [6, 6.07) is 24.6. The molecule has 0 fully saturated rings. The Morgan fingerprint density at radius 3 is 2.23 bits per heavy atom. The molecule has 2 amide bonds. The number of halogens is 3. The third kappa shape index (κ3) is 10.8. The van der Waals surface area contributed by atoms with E-state index in [9.17, 15) is 27.9 Å². The first-order valence-corrected chi connectivity index (χ1v) is 16.3. The van der Waals surface area contributed by atoms with Crippen LogP contribution in [0, 0.1) is 0 Å².